The molecule has 0 spiro atoms. The van der Waals surface area contributed by atoms with Crippen LogP contribution < -0.4 is 0 Å². The van der Waals surface area contributed by atoms with Gasteiger partial charge < -0.3 is 9.30 Å². The van der Waals surface area contributed by atoms with Gasteiger partial charge in [-0.25, -0.2) is 4.79 Å². The number of rotatable bonds is 6. The Hall–Kier alpha value is -2.90. The largest absolute Gasteiger partial charge is 0.464 e. The second kappa shape index (κ2) is 7.33. The Morgan fingerprint density at radius 1 is 1.24 bits per heavy atom. The summed E-state index contributed by atoms with van der Waals surface area (Å²) in [6.07, 6.45) is -4.53. The van der Waals surface area contributed by atoms with Crippen molar-refractivity contribution in [1.29, 1.82) is 0 Å². The number of ether oxygens (including phenoxy) is 1. The third-order valence-electron chi connectivity index (χ3n) is 3.59. The minimum absolute atomic E-state index is 0.123. The number of aldehydes is 1. The molecule has 0 aliphatic rings. The molecular weight excluding hydrogens is 339 g/mol. The first-order valence-electron chi connectivity index (χ1n) is 7.18. The molecule has 1 aromatic heterocycles. The Balaban J connectivity index is 2.45. The van der Waals surface area contributed by atoms with Gasteiger partial charge >= 0.3 is 12.1 Å². The van der Waals surface area contributed by atoms with Crippen LogP contribution in [0.3, 0.4) is 0 Å². The number of carbonyl (C=O) groups is 3. The van der Waals surface area contributed by atoms with E-state index in [0.717, 1.165) is 19.4 Å². The van der Waals surface area contributed by atoms with E-state index in [-0.39, 0.29) is 11.1 Å². The van der Waals surface area contributed by atoms with E-state index in [0.29, 0.717) is 10.9 Å². The van der Waals surface area contributed by atoms with Crippen molar-refractivity contribution in [1.82, 2.24) is 4.57 Å². The van der Waals surface area contributed by atoms with Gasteiger partial charge in [0.1, 0.15) is 11.7 Å². The van der Waals surface area contributed by atoms with E-state index in [1.165, 1.54) is 24.3 Å². The third kappa shape index (κ3) is 4.14. The van der Waals surface area contributed by atoms with E-state index in [1.807, 2.05) is 0 Å². The number of aromatic nitrogens is 1. The number of methoxy groups -OCH3 is 1. The van der Waals surface area contributed by atoms with Crippen molar-refractivity contribution >= 4 is 18.0 Å². The van der Waals surface area contributed by atoms with E-state index in [1.54, 1.807) is 6.07 Å². The first-order chi connectivity index (χ1) is 11.8. The average Bonchev–Trinajstić information content (AvgIpc) is 3.02. The van der Waals surface area contributed by atoms with Crippen molar-refractivity contribution in [3.63, 3.8) is 0 Å². The van der Waals surface area contributed by atoms with Crippen LogP contribution in [0.1, 0.15) is 43.7 Å². The molecule has 0 radical (unpaired) electrons. The summed E-state index contributed by atoms with van der Waals surface area (Å²) in [4.78, 5) is 34.8. The molecule has 25 heavy (non-hydrogen) atoms. The fourth-order valence-corrected chi connectivity index (χ4v) is 2.38. The lowest BCUT2D eigenvalue weighted by molar-refractivity contribution is -0.167. The molecule has 0 amide bonds. The molecule has 0 aliphatic heterocycles. The van der Waals surface area contributed by atoms with Gasteiger partial charge in [0, 0.05) is 23.7 Å². The van der Waals surface area contributed by atoms with Crippen molar-refractivity contribution in [3.05, 3.63) is 59.4 Å². The number of halogens is 3. The number of Topliss-reactive ketones (excluding diaryl/α,β-unsaturated/α-hetero) is 1. The molecule has 0 saturated heterocycles. The Labute approximate surface area is 141 Å². The first kappa shape index (κ1) is 18.4. The molecule has 0 bridgehead atoms. The smallest absolute Gasteiger partial charge is 0.409 e. The van der Waals surface area contributed by atoms with Crippen LogP contribution in [0.5, 0.6) is 0 Å². The number of nitrogens with zero attached hydrogens (tertiary/aromatic N) is 1. The minimum Gasteiger partial charge on any atom is -0.464 e. The second-order valence-electron chi connectivity index (χ2n) is 5.23. The van der Waals surface area contributed by atoms with E-state index < -0.39 is 36.1 Å². The fourth-order valence-electron chi connectivity index (χ4n) is 2.38. The highest BCUT2D eigenvalue weighted by Crippen LogP contribution is 2.36. The molecule has 1 unspecified atom stereocenters. The summed E-state index contributed by atoms with van der Waals surface area (Å²) in [5.74, 6) is -1.77. The normalized spacial score (nSPS) is 12.5. The summed E-state index contributed by atoms with van der Waals surface area (Å²) < 4.78 is 45.6. The number of alkyl halides is 3. The molecule has 132 valence electrons. The SMILES string of the molecule is COC(=O)c1cc(C=O)cn1C(CC(=O)c1ccccc1)C(F)(F)F. The Morgan fingerprint density at radius 2 is 1.88 bits per heavy atom. The zero-order chi connectivity index (χ0) is 18.6. The van der Waals surface area contributed by atoms with Crippen LogP contribution in [0, 0.1) is 0 Å². The summed E-state index contributed by atoms with van der Waals surface area (Å²) in [5.41, 5.74) is -0.450. The number of hydrogen-bond donors (Lipinski definition) is 0. The van der Waals surface area contributed by atoms with Crippen LogP contribution in [0.25, 0.3) is 0 Å². The number of hydrogen-bond acceptors (Lipinski definition) is 4. The molecule has 0 aliphatic carbocycles. The van der Waals surface area contributed by atoms with E-state index in [2.05, 4.69) is 4.74 Å². The van der Waals surface area contributed by atoms with Gasteiger partial charge in [0.2, 0.25) is 0 Å². The van der Waals surface area contributed by atoms with Gasteiger partial charge in [-0.1, -0.05) is 30.3 Å². The van der Waals surface area contributed by atoms with Crippen molar-refractivity contribution in [2.24, 2.45) is 0 Å². The molecule has 1 atom stereocenters. The third-order valence-corrected chi connectivity index (χ3v) is 3.59. The second-order valence-corrected chi connectivity index (χ2v) is 5.23. The van der Waals surface area contributed by atoms with Crippen molar-refractivity contribution < 1.29 is 32.3 Å². The molecule has 0 fully saturated rings. The van der Waals surface area contributed by atoms with Crippen molar-refractivity contribution in [2.75, 3.05) is 7.11 Å². The summed E-state index contributed by atoms with van der Waals surface area (Å²) in [6, 6.07) is 6.21. The molecule has 2 rings (SSSR count). The lowest BCUT2D eigenvalue weighted by atomic mass is 10.0. The van der Waals surface area contributed by atoms with E-state index in [9.17, 15) is 27.6 Å². The molecule has 1 heterocycles. The molecule has 0 saturated carbocycles. The summed E-state index contributed by atoms with van der Waals surface area (Å²) in [5, 5.41) is 0. The van der Waals surface area contributed by atoms with Crippen LogP contribution in [0.15, 0.2) is 42.6 Å². The van der Waals surface area contributed by atoms with Gasteiger partial charge in [-0.05, 0) is 6.07 Å². The lowest BCUT2D eigenvalue weighted by Gasteiger charge is -2.23. The van der Waals surface area contributed by atoms with Crippen LogP contribution >= 0.6 is 0 Å². The van der Waals surface area contributed by atoms with Crippen LogP contribution in [0.2, 0.25) is 0 Å². The Morgan fingerprint density at radius 3 is 2.40 bits per heavy atom. The van der Waals surface area contributed by atoms with Gasteiger partial charge in [-0.15, -0.1) is 0 Å². The van der Waals surface area contributed by atoms with Gasteiger partial charge in [0.15, 0.2) is 12.1 Å². The fraction of sp³-hybridized carbons (Fsp3) is 0.235. The standard InChI is InChI=1S/C17H14F3NO4/c1-25-16(24)13-7-11(10-22)9-21(13)15(17(18,19)20)8-14(23)12-5-3-2-4-6-12/h2-7,9-10,15H,8H2,1H3. The number of benzene rings is 1. The van der Waals surface area contributed by atoms with Gasteiger partial charge in [0.25, 0.3) is 0 Å². The van der Waals surface area contributed by atoms with Gasteiger partial charge in [-0.3, -0.25) is 9.59 Å². The Bertz CT molecular complexity index is 781. The zero-order valence-corrected chi connectivity index (χ0v) is 13.1. The highest BCUT2D eigenvalue weighted by molar-refractivity contribution is 5.96. The molecule has 2 aromatic rings. The van der Waals surface area contributed by atoms with Crippen LogP contribution in [0.4, 0.5) is 13.2 Å². The molecule has 8 heteroatoms. The molecule has 0 N–H and O–H groups in total. The summed E-state index contributed by atoms with van der Waals surface area (Å²) >= 11 is 0. The highest BCUT2D eigenvalue weighted by atomic mass is 19.4. The maximum Gasteiger partial charge on any atom is 0.409 e. The zero-order valence-electron chi connectivity index (χ0n) is 13.1. The number of carbonyl (C=O) groups excluding carboxylic acids is 3. The number of ketones is 1. The maximum absolute atomic E-state index is 13.5. The molecule has 1 aromatic carbocycles. The maximum atomic E-state index is 13.5. The minimum atomic E-state index is -4.81. The molecule has 5 nitrogen and oxygen atoms in total. The van der Waals surface area contributed by atoms with E-state index in [4.69, 9.17) is 0 Å². The number of esters is 1. The van der Waals surface area contributed by atoms with Crippen molar-refractivity contribution in [3.8, 4) is 0 Å². The lowest BCUT2D eigenvalue weighted by Crippen LogP contribution is -2.30. The predicted octanol–water partition coefficient (Wildman–Crippen LogP) is 3.46. The van der Waals surface area contributed by atoms with Crippen LogP contribution in [-0.2, 0) is 4.74 Å². The van der Waals surface area contributed by atoms with E-state index >= 15 is 0 Å². The van der Waals surface area contributed by atoms with Gasteiger partial charge in [0.05, 0.1) is 7.11 Å². The topological polar surface area (TPSA) is 65.4 Å². The van der Waals surface area contributed by atoms with Crippen molar-refractivity contribution in [2.45, 2.75) is 18.6 Å². The molecular formula is C17H14F3NO4. The monoisotopic (exact) mass is 353 g/mol. The first-order valence-corrected chi connectivity index (χ1v) is 7.18. The van der Waals surface area contributed by atoms with Crippen LogP contribution in [-0.4, -0.2) is 35.9 Å². The average molecular weight is 353 g/mol. The predicted molar refractivity (Wildman–Crippen MR) is 81.6 cm³/mol. The highest BCUT2D eigenvalue weighted by Gasteiger charge is 2.43. The Kier molecular flexibility index (Phi) is 5.41. The quantitative estimate of drug-likeness (QED) is 0.453. The van der Waals surface area contributed by atoms with Gasteiger partial charge in [-0.2, -0.15) is 13.2 Å². The summed E-state index contributed by atoms with van der Waals surface area (Å²) in [6.45, 7) is 0. The summed E-state index contributed by atoms with van der Waals surface area (Å²) in [7, 11) is 1.01.